The number of rotatable bonds is 4. The van der Waals surface area contributed by atoms with E-state index in [0.717, 1.165) is 0 Å². The van der Waals surface area contributed by atoms with Crippen LogP contribution in [-0.4, -0.2) is 58.9 Å². The summed E-state index contributed by atoms with van der Waals surface area (Å²) in [6.45, 7) is 3.64. The molecule has 8 heteroatoms. The lowest BCUT2D eigenvalue weighted by Crippen LogP contribution is -2.46. The number of benzene rings is 1. The fraction of sp³-hybridized carbons (Fsp3) is 0.294. The van der Waals surface area contributed by atoms with Crippen LogP contribution in [0.1, 0.15) is 17.3 Å². The number of amides is 2. The number of nitriles is 1. The van der Waals surface area contributed by atoms with E-state index in [1.807, 2.05) is 11.0 Å². The number of anilines is 1. The Morgan fingerprint density at radius 2 is 1.92 bits per heavy atom. The van der Waals surface area contributed by atoms with Gasteiger partial charge in [0.05, 0.1) is 5.56 Å². The molecule has 130 valence electrons. The van der Waals surface area contributed by atoms with Gasteiger partial charge in [-0.25, -0.2) is 4.79 Å². The van der Waals surface area contributed by atoms with Crippen molar-refractivity contribution >= 4 is 23.5 Å². The third-order valence-corrected chi connectivity index (χ3v) is 3.80. The molecule has 0 saturated carbocycles. The van der Waals surface area contributed by atoms with E-state index in [0.29, 0.717) is 31.9 Å². The van der Waals surface area contributed by atoms with E-state index in [4.69, 9.17) is 5.11 Å². The zero-order valence-electron chi connectivity index (χ0n) is 13.7. The van der Waals surface area contributed by atoms with E-state index < -0.39 is 11.9 Å². The number of aromatic carboxylic acids is 1. The molecule has 1 fully saturated rings. The Balaban J connectivity index is 2.04. The van der Waals surface area contributed by atoms with Gasteiger partial charge < -0.3 is 20.2 Å². The lowest BCUT2D eigenvalue weighted by Gasteiger charge is -2.33. The van der Waals surface area contributed by atoms with Crippen molar-refractivity contribution in [1.82, 2.24) is 9.80 Å². The van der Waals surface area contributed by atoms with Gasteiger partial charge in [0.25, 0.3) is 5.91 Å². The van der Waals surface area contributed by atoms with E-state index in [1.165, 1.54) is 31.3 Å². The number of carbonyl (C=O) groups is 3. The second-order valence-corrected chi connectivity index (χ2v) is 5.54. The summed E-state index contributed by atoms with van der Waals surface area (Å²) in [5.74, 6) is -1.71. The first-order valence-electron chi connectivity index (χ1n) is 7.67. The highest BCUT2D eigenvalue weighted by atomic mass is 16.4. The van der Waals surface area contributed by atoms with Gasteiger partial charge in [-0.1, -0.05) is 6.07 Å². The number of nitrogens with zero attached hydrogens (tertiary/aromatic N) is 3. The van der Waals surface area contributed by atoms with Crippen LogP contribution in [0, 0.1) is 11.3 Å². The second-order valence-electron chi connectivity index (χ2n) is 5.54. The van der Waals surface area contributed by atoms with Gasteiger partial charge in [-0.05, 0) is 18.2 Å². The van der Waals surface area contributed by atoms with Crippen molar-refractivity contribution in [1.29, 1.82) is 5.26 Å². The fourth-order valence-electron chi connectivity index (χ4n) is 2.42. The molecule has 2 rings (SSSR count). The number of carbonyl (C=O) groups excluding carboxylic acids is 2. The summed E-state index contributed by atoms with van der Waals surface area (Å²) in [6, 6.07) is 7.64. The van der Waals surface area contributed by atoms with Crippen LogP contribution in [-0.2, 0) is 9.59 Å². The average molecular weight is 342 g/mol. The second kappa shape index (κ2) is 7.97. The molecule has 1 aromatic rings. The van der Waals surface area contributed by atoms with Crippen molar-refractivity contribution in [2.75, 3.05) is 31.5 Å². The van der Waals surface area contributed by atoms with E-state index in [1.54, 1.807) is 11.0 Å². The van der Waals surface area contributed by atoms with Gasteiger partial charge in [-0.3, -0.25) is 9.59 Å². The predicted octanol–water partition coefficient (Wildman–Crippen LogP) is 0.895. The third kappa shape index (κ3) is 4.81. The Morgan fingerprint density at radius 3 is 2.48 bits per heavy atom. The number of piperazine rings is 1. The van der Waals surface area contributed by atoms with E-state index in [2.05, 4.69) is 5.32 Å². The molecule has 0 unspecified atom stereocenters. The van der Waals surface area contributed by atoms with Crippen LogP contribution in [0.2, 0.25) is 0 Å². The molecule has 1 heterocycles. The summed E-state index contributed by atoms with van der Waals surface area (Å²) in [6.07, 6.45) is 1.47. The molecule has 1 saturated heterocycles. The Hall–Kier alpha value is -3.34. The largest absolute Gasteiger partial charge is 0.478 e. The maximum atomic E-state index is 12.2. The van der Waals surface area contributed by atoms with E-state index >= 15 is 0 Å². The van der Waals surface area contributed by atoms with Crippen LogP contribution in [0.5, 0.6) is 0 Å². The summed E-state index contributed by atoms with van der Waals surface area (Å²) in [7, 11) is 0. The molecular weight excluding hydrogens is 324 g/mol. The van der Waals surface area contributed by atoms with Crippen molar-refractivity contribution in [2.45, 2.75) is 6.92 Å². The van der Waals surface area contributed by atoms with Crippen molar-refractivity contribution in [3.8, 4) is 6.07 Å². The number of nitrogens with one attached hydrogen (secondary N) is 1. The molecule has 0 radical (unpaired) electrons. The third-order valence-electron chi connectivity index (χ3n) is 3.80. The van der Waals surface area contributed by atoms with Gasteiger partial charge >= 0.3 is 5.97 Å². The normalized spacial score (nSPS) is 14.6. The Morgan fingerprint density at radius 1 is 1.24 bits per heavy atom. The van der Waals surface area contributed by atoms with Crippen molar-refractivity contribution < 1.29 is 19.5 Å². The highest BCUT2D eigenvalue weighted by Gasteiger charge is 2.18. The molecule has 0 aromatic heterocycles. The summed E-state index contributed by atoms with van der Waals surface area (Å²) in [4.78, 5) is 38.0. The standard InChI is InChI=1S/C17H18N4O4/c1-12(22)21-7-5-20(6-8-21)11-14(10-18)16(23)19-15-4-2-3-13(9-15)17(24)25/h2-4,9,11H,5-8H2,1H3,(H,19,23)(H,24,25)/b14-11-. The van der Waals surface area contributed by atoms with Crippen molar-refractivity contribution in [3.63, 3.8) is 0 Å². The minimum absolute atomic E-state index is 0.000177. The first-order chi connectivity index (χ1) is 11.9. The molecule has 25 heavy (non-hydrogen) atoms. The van der Waals surface area contributed by atoms with Crippen molar-refractivity contribution in [3.05, 3.63) is 41.6 Å². The highest BCUT2D eigenvalue weighted by Crippen LogP contribution is 2.13. The molecule has 0 bridgehead atoms. The van der Waals surface area contributed by atoms with Gasteiger partial charge in [-0.2, -0.15) is 5.26 Å². The zero-order valence-corrected chi connectivity index (χ0v) is 13.7. The highest BCUT2D eigenvalue weighted by molar-refractivity contribution is 6.06. The van der Waals surface area contributed by atoms with E-state index in [-0.39, 0.29) is 17.0 Å². The quantitative estimate of drug-likeness (QED) is 0.621. The fourth-order valence-corrected chi connectivity index (χ4v) is 2.42. The predicted molar refractivity (Wildman–Crippen MR) is 89.6 cm³/mol. The minimum atomic E-state index is -1.10. The number of carboxylic acid groups (broad SMARTS) is 1. The summed E-state index contributed by atoms with van der Waals surface area (Å²) in [5, 5.41) is 20.7. The van der Waals surface area contributed by atoms with Crippen molar-refractivity contribution in [2.24, 2.45) is 0 Å². The smallest absolute Gasteiger partial charge is 0.335 e. The molecule has 1 aliphatic heterocycles. The zero-order chi connectivity index (χ0) is 18.4. The number of carboxylic acids is 1. The summed E-state index contributed by atoms with van der Waals surface area (Å²) >= 11 is 0. The molecule has 1 aromatic carbocycles. The van der Waals surface area contributed by atoms with Crippen LogP contribution in [0.15, 0.2) is 36.0 Å². The molecule has 0 atom stereocenters. The van der Waals surface area contributed by atoms with Gasteiger partial charge in [0.1, 0.15) is 11.6 Å². The lowest BCUT2D eigenvalue weighted by atomic mass is 10.2. The van der Waals surface area contributed by atoms with Crippen LogP contribution < -0.4 is 5.32 Å². The molecule has 1 aliphatic rings. The molecule has 0 spiro atoms. The molecule has 8 nitrogen and oxygen atoms in total. The summed E-state index contributed by atoms with van der Waals surface area (Å²) in [5.41, 5.74) is 0.255. The van der Waals surface area contributed by atoms with Crippen LogP contribution >= 0.6 is 0 Å². The Bertz CT molecular complexity index is 758. The van der Waals surface area contributed by atoms with Crippen LogP contribution in [0.25, 0.3) is 0 Å². The Kier molecular flexibility index (Phi) is 5.74. The van der Waals surface area contributed by atoms with Gasteiger partial charge in [-0.15, -0.1) is 0 Å². The lowest BCUT2D eigenvalue weighted by molar-refractivity contribution is -0.130. The SMILES string of the molecule is CC(=O)N1CCN(/C=C(/C#N)C(=O)Nc2cccc(C(=O)O)c2)CC1. The number of hydrogen-bond acceptors (Lipinski definition) is 5. The maximum Gasteiger partial charge on any atom is 0.335 e. The molecular formula is C17H18N4O4. The molecule has 0 aliphatic carbocycles. The monoisotopic (exact) mass is 342 g/mol. The van der Waals surface area contributed by atoms with E-state index in [9.17, 15) is 19.6 Å². The molecule has 2 amide bonds. The topological polar surface area (TPSA) is 114 Å². The van der Waals surface area contributed by atoms with Gasteiger partial charge in [0.15, 0.2) is 0 Å². The van der Waals surface area contributed by atoms with Gasteiger partial charge in [0, 0.05) is 45.0 Å². The number of hydrogen-bond donors (Lipinski definition) is 2. The average Bonchev–Trinajstić information content (AvgIpc) is 2.60. The summed E-state index contributed by atoms with van der Waals surface area (Å²) < 4.78 is 0. The first-order valence-corrected chi connectivity index (χ1v) is 7.67. The maximum absolute atomic E-state index is 12.2. The first kappa shape index (κ1) is 18.0. The van der Waals surface area contributed by atoms with Crippen LogP contribution in [0.4, 0.5) is 5.69 Å². The minimum Gasteiger partial charge on any atom is -0.478 e. The Labute approximate surface area is 144 Å². The van der Waals surface area contributed by atoms with Crippen LogP contribution in [0.3, 0.4) is 0 Å². The van der Waals surface area contributed by atoms with Gasteiger partial charge in [0.2, 0.25) is 5.91 Å². The molecule has 2 N–H and O–H groups in total.